The summed E-state index contributed by atoms with van der Waals surface area (Å²) in [5.74, 6) is -3.79. The highest BCUT2D eigenvalue weighted by Crippen LogP contribution is 2.46. The van der Waals surface area contributed by atoms with E-state index in [0.29, 0.717) is 12.1 Å². The maximum atomic E-state index is 14.3. The van der Waals surface area contributed by atoms with Gasteiger partial charge in [-0.15, -0.1) is 0 Å². The van der Waals surface area contributed by atoms with E-state index in [9.17, 15) is 27.2 Å². The molecule has 1 amide bonds. The highest BCUT2D eigenvalue weighted by molar-refractivity contribution is 6.12. The molecule has 0 aliphatic carbocycles. The number of alkyl halides is 3. The van der Waals surface area contributed by atoms with Crippen LogP contribution in [0.15, 0.2) is 66.7 Å². The Kier molecular flexibility index (Phi) is 5.69. The van der Waals surface area contributed by atoms with Crippen molar-refractivity contribution in [3.63, 3.8) is 0 Å². The van der Waals surface area contributed by atoms with Crippen LogP contribution < -0.4 is 4.90 Å². The lowest BCUT2D eigenvalue weighted by atomic mass is 9.95. The molecule has 0 bridgehead atoms. The number of nitrogens with zero attached hydrogens (tertiary/aromatic N) is 1. The van der Waals surface area contributed by atoms with Crippen LogP contribution in [0, 0.1) is 5.82 Å². The second-order valence-corrected chi connectivity index (χ2v) is 8.25. The molecule has 1 saturated heterocycles. The lowest BCUT2D eigenvalue weighted by Gasteiger charge is -2.32. The molecule has 3 aromatic carbocycles. The van der Waals surface area contributed by atoms with E-state index < -0.39 is 40.6 Å². The molecule has 5 rings (SSSR count). The number of carbonyl (C=O) groups excluding carboxylic acids is 2. The summed E-state index contributed by atoms with van der Waals surface area (Å²) in [6, 6.07) is 14.6. The number of anilines is 1. The molecule has 0 N–H and O–H groups in total. The van der Waals surface area contributed by atoms with Crippen LogP contribution in [0.3, 0.4) is 0 Å². The molecule has 5 nitrogen and oxygen atoms in total. The Morgan fingerprint density at radius 1 is 0.971 bits per heavy atom. The molecule has 35 heavy (non-hydrogen) atoms. The summed E-state index contributed by atoms with van der Waals surface area (Å²) in [5, 5.41) is 0. The molecule has 0 radical (unpaired) electrons. The number of carbonyl (C=O) groups is 2. The van der Waals surface area contributed by atoms with Crippen LogP contribution in [-0.4, -0.2) is 24.9 Å². The van der Waals surface area contributed by atoms with Gasteiger partial charge in [-0.3, -0.25) is 9.59 Å². The van der Waals surface area contributed by atoms with Gasteiger partial charge >= 0.3 is 6.18 Å². The molecule has 180 valence electrons. The Morgan fingerprint density at radius 2 is 1.66 bits per heavy atom. The quantitative estimate of drug-likeness (QED) is 0.376. The predicted molar refractivity (Wildman–Crippen MR) is 117 cm³/mol. The van der Waals surface area contributed by atoms with Crippen LogP contribution in [0.2, 0.25) is 0 Å². The summed E-state index contributed by atoms with van der Waals surface area (Å²) in [6.45, 7) is 0.290. The van der Waals surface area contributed by atoms with Gasteiger partial charge in [-0.1, -0.05) is 36.4 Å². The fraction of sp³-hybridized carbons (Fsp3) is 0.231. The van der Waals surface area contributed by atoms with Crippen LogP contribution in [-0.2, 0) is 32.8 Å². The van der Waals surface area contributed by atoms with E-state index in [1.54, 1.807) is 12.1 Å². The van der Waals surface area contributed by atoms with Crippen LogP contribution in [0.25, 0.3) is 0 Å². The number of fused-ring (bicyclic) bond motifs is 2. The lowest BCUT2D eigenvalue weighted by Crippen LogP contribution is -2.47. The largest absolute Gasteiger partial charge is 0.417 e. The van der Waals surface area contributed by atoms with E-state index in [-0.39, 0.29) is 36.4 Å². The van der Waals surface area contributed by atoms with Gasteiger partial charge in [0.2, 0.25) is 0 Å². The Balaban J connectivity index is 1.60. The molecule has 1 fully saturated rings. The van der Waals surface area contributed by atoms with Crippen molar-refractivity contribution in [2.75, 3.05) is 18.1 Å². The van der Waals surface area contributed by atoms with Crippen molar-refractivity contribution in [3.05, 3.63) is 100 Å². The third kappa shape index (κ3) is 3.90. The number of halogens is 4. The van der Waals surface area contributed by atoms with Gasteiger partial charge in [0, 0.05) is 22.3 Å². The van der Waals surface area contributed by atoms with Gasteiger partial charge in [0.1, 0.15) is 5.82 Å². The zero-order valence-electron chi connectivity index (χ0n) is 18.3. The third-order valence-electron chi connectivity index (χ3n) is 6.09. The van der Waals surface area contributed by atoms with E-state index >= 15 is 0 Å². The fourth-order valence-corrected chi connectivity index (χ4v) is 4.43. The molecule has 0 saturated carbocycles. The van der Waals surface area contributed by atoms with Crippen LogP contribution in [0.5, 0.6) is 0 Å². The highest BCUT2D eigenvalue weighted by atomic mass is 19.4. The Hall–Kier alpha value is -3.56. The Labute approximate surface area is 197 Å². The fourth-order valence-electron chi connectivity index (χ4n) is 4.43. The van der Waals surface area contributed by atoms with Crippen molar-refractivity contribution in [1.29, 1.82) is 0 Å². The lowest BCUT2D eigenvalue weighted by molar-refractivity contribution is -0.256. The normalized spacial score (nSPS) is 17.0. The molecule has 0 unspecified atom stereocenters. The number of amides is 1. The van der Waals surface area contributed by atoms with E-state index in [0.717, 1.165) is 12.1 Å². The minimum Gasteiger partial charge on any atom is -0.338 e. The van der Waals surface area contributed by atoms with E-state index in [1.165, 1.54) is 47.4 Å². The number of ketones is 1. The number of hydrogen-bond donors (Lipinski definition) is 0. The monoisotopic (exact) mass is 485 g/mol. The van der Waals surface area contributed by atoms with Crippen molar-refractivity contribution in [2.24, 2.45) is 0 Å². The van der Waals surface area contributed by atoms with Crippen LogP contribution in [0.4, 0.5) is 23.2 Å². The average molecular weight is 485 g/mol. The molecule has 1 spiro atoms. The summed E-state index contributed by atoms with van der Waals surface area (Å²) in [7, 11) is 0. The van der Waals surface area contributed by atoms with Crippen LogP contribution >= 0.6 is 0 Å². The Bertz CT molecular complexity index is 1310. The van der Waals surface area contributed by atoms with Gasteiger partial charge in [0.05, 0.1) is 31.0 Å². The van der Waals surface area contributed by atoms with Crippen molar-refractivity contribution >= 4 is 17.4 Å². The van der Waals surface area contributed by atoms with Gasteiger partial charge in [-0.2, -0.15) is 13.2 Å². The van der Waals surface area contributed by atoms with E-state index in [1.807, 2.05) is 0 Å². The van der Waals surface area contributed by atoms with Gasteiger partial charge < -0.3 is 14.4 Å². The smallest absolute Gasteiger partial charge is 0.338 e. The first-order chi connectivity index (χ1) is 16.7. The maximum absolute atomic E-state index is 14.3. The summed E-state index contributed by atoms with van der Waals surface area (Å²) in [5.41, 5.74) is -0.818. The average Bonchev–Trinajstić information content (AvgIpc) is 3.07. The zero-order chi connectivity index (χ0) is 24.8. The SMILES string of the molecule is O=C(c1ccc2c(c1)C1(OCCCO1)C(=O)N2Cc1ccccc1F)c1ccccc1C(F)(F)F. The summed E-state index contributed by atoms with van der Waals surface area (Å²) in [4.78, 5) is 28.0. The first-order valence-electron chi connectivity index (χ1n) is 10.9. The first kappa shape index (κ1) is 23.2. The van der Waals surface area contributed by atoms with Crippen LogP contribution in [0.1, 0.15) is 39.0 Å². The molecule has 9 heteroatoms. The Morgan fingerprint density at radius 3 is 2.37 bits per heavy atom. The molecular weight excluding hydrogens is 466 g/mol. The number of benzene rings is 3. The molecule has 2 heterocycles. The molecule has 2 aliphatic heterocycles. The first-order valence-corrected chi connectivity index (χ1v) is 10.9. The standard InChI is InChI=1S/C26H19F4NO4/c27-21-9-4-1-6-17(21)15-31-22-11-10-16(14-20(22)25(24(31)33)34-12-5-13-35-25)23(32)18-7-2-3-8-19(18)26(28,29)30/h1-4,6-11,14H,5,12-13,15H2. The predicted octanol–water partition coefficient (Wildman–Crippen LogP) is 5.21. The van der Waals surface area contributed by atoms with E-state index in [4.69, 9.17) is 9.47 Å². The van der Waals surface area contributed by atoms with Crippen molar-refractivity contribution in [1.82, 2.24) is 0 Å². The number of rotatable bonds is 4. The number of ether oxygens (including phenoxy) is 2. The van der Waals surface area contributed by atoms with Crippen molar-refractivity contribution in [2.45, 2.75) is 24.9 Å². The van der Waals surface area contributed by atoms with Gasteiger partial charge in [0.25, 0.3) is 11.7 Å². The molecule has 0 aromatic heterocycles. The third-order valence-corrected chi connectivity index (χ3v) is 6.09. The number of hydrogen-bond acceptors (Lipinski definition) is 4. The summed E-state index contributed by atoms with van der Waals surface area (Å²) < 4.78 is 66.4. The molecule has 2 aliphatic rings. The van der Waals surface area contributed by atoms with Gasteiger partial charge in [-0.05, 0) is 36.8 Å². The minimum atomic E-state index is -4.72. The topological polar surface area (TPSA) is 55.8 Å². The zero-order valence-corrected chi connectivity index (χ0v) is 18.3. The highest BCUT2D eigenvalue weighted by Gasteiger charge is 2.55. The molecule has 0 atom stereocenters. The van der Waals surface area contributed by atoms with Gasteiger partial charge in [-0.25, -0.2) is 4.39 Å². The minimum absolute atomic E-state index is 0.0573. The molecule has 3 aromatic rings. The van der Waals surface area contributed by atoms with Crippen molar-refractivity contribution < 1.29 is 36.6 Å². The summed E-state index contributed by atoms with van der Waals surface area (Å²) in [6.07, 6.45) is -4.18. The second kappa shape index (κ2) is 8.58. The maximum Gasteiger partial charge on any atom is 0.417 e. The van der Waals surface area contributed by atoms with Crippen molar-refractivity contribution in [3.8, 4) is 0 Å². The summed E-state index contributed by atoms with van der Waals surface area (Å²) >= 11 is 0. The second-order valence-electron chi connectivity index (χ2n) is 8.25. The van der Waals surface area contributed by atoms with E-state index in [2.05, 4.69) is 0 Å². The molecular formula is C26H19F4NO4. The van der Waals surface area contributed by atoms with Gasteiger partial charge in [0.15, 0.2) is 5.78 Å².